The fourth-order valence-corrected chi connectivity index (χ4v) is 5.56. The summed E-state index contributed by atoms with van der Waals surface area (Å²) >= 11 is 0. The highest BCUT2D eigenvalue weighted by molar-refractivity contribution is 5.79. The largest absolute Gasteiger partial charge is 0.460 e. The fourth-order valence-electron chi connectivity index (χ4n) is 5.56. The van der Waals surface area contributed by atoms with Crippen molar-refractivity contribution in [2.24, 2.45) is 0 Å². The zero-order valence-corrected chi connectivity index (χ0v) is 28.3. The summed E-state index contributed by atoms with van der Waals surface area (Å²) in [7, 11) is 0. The molecule has 0 N–H and O–H groups in total. The van der Waals surface area contributed by atoms with Crippen LogP contribution in [-0.4, -0.2) is 24.1 Å². The highest BCUT2D eigenvalue weighted by Crippen LogP contribution is 2.17. The second-order valence-electron chi connectivity index (χ2n) is 12.8. The average Bonchev–Trinajstić information content (AvgIpc) is 2.94. The van der Waals surface area contributed by atoms with E-state index in [1.54, 1.807) is 0 Å². The van der Waals surface area contributed by atoms with E-state index in [1.165, 1.54) is 148 Å². The first-order valence-electron chi connectivity index (χ1n) is 18.4. The third kappa shape index (κ3) is 30.2. The number of esters is 2. The van der Waals surface area contributed by atoms with Gasteiger partial charge < -0.3 is 9.47 Å². The molecule has 41 heavy (non-hydrogen) atoms. The molecule has 0 amide bonds. The maximum atomic E-state index is 12.5. The normalized spacial score (nSPS) is 12.1. The Balaban J connectivity index is 3.86. The Morgan fingerprint density at radius 2 is 0.756 bits per heavy atom. The molecule has 0 spiro atoms. The molecule has 0 fully saturated rings. The van der Waals surface area contributed by atoms with Gasteiger partial charge in [-0.2, -0.15) is 0 Å². The first-order chi connectivity index (χ1) is 20.0. The molecule has 0 bridgehead atoms. The van der Waals surface area contributed by atoms with Crippen molar-refractivity contribution in [1.29, 1.82) is 0 Å². The van der Waals surface area contributed by atoms with E-state index in [9.17, 15) is 9.59 Å². The van der Waals surface area contributed by atoms with Gasteiger partial charge in [0.15, 0.2) is 6.10 Å². The van der Waals surface area contributed by atoms with Crippen molar-refractivity contribution < 1.29 is 19.1 Å². The van der Waals surface area contributed by atoms with Gasteiger partial charge in [0.1, 0.15) is 0 Å². The first kappa shape index (κ1) is 39.9. The smallest absolute Gasteiger partial charge is 0.347 e. The van der Waals surface area contributed by atoms with Crippen LogP contribution in [0.25, 0.3) is 0 Å². The number of rotatable bonds is 32. The van der Waals surface area contributed by atoms with Crippen molar-refractivity contribution >= 4 is 11.9 Å². The molecule has 0 aliphatic heterocycles. The van der Waals surface area contributed by atoms with Gasteiger partial charge in [-0.25, -0.2) is 4.79 Å². The molecule has 1 unspecified atom stereocenters. The SMILES string of the molecule is CCCCCCCCCCCCCCCCC(OC(=O)CCCCCCCCCCCCCCC)C(=O)OC(C)C. The van der Waals surface area contributed by atoms with Crippen LogP contribution >= 0.6 is 0 Å². The van der Waals surface area contributed by atoms with Crippen molar-refractivity contribution in [3.63, 3.8) is 0 Å². The van der Waals surface area contributed by atoms with E-state index in [1.807, 2.05) is 13.8 Å². The zero-order valence-electron chi connectivity index (χ0n) is 28.3. The Kier molecular flexibility index (Phi) is 31.0. The molecule has 0 rings (SSSR count). The van der Waals surface area contributed by atoms with Crippen LogP contribution in [-0.2, 0) is 19.1 Å². The summed E-state index contributed by atoms with van der Waals surface area (Å²) in [6, 6.07) is 0. The highest BCUT2D eigenvalue weighted by Gasteiger charge is 2.24. The molecule has 0 aliphatic carbocycles. The average molecular weight is 581 g/mol. The van der Waals surface area contributed by atoms with Crippen LogP contribution in [0.1, 0.15) is 214 Å². The van der Waals surface area contributed by atoms with E-state index in [-0.39, 0.29) is 18.0 Å². The predicted octanol–water partition coefficient (Wildman–Crippen LogP) is 12.2. The molecule has 4 nitrogen and oxygen atoms in total. The standard InChI is InChI=1S/C37H72O4/c1-5-7-9-11-13-15-17-19-21-22-24-26-28-30-32-35(37(39)40-34(3)4)41-36(38)33-31-29-27-25-23-20-18-16-14-12-10-8-6-2/h34-35H,5-33H2,1-4H3. The fraction of sp³-hybridized carbons (Fsp3) is 0.946. The minimum absolute atomic E-state index is 0.193. The van der Waals surface area contributed by atoms with Crippen LogP contribution in [0, 0.1) is 0 Å². The maximum Gasteiger partial charge on any atom is 0.347 e. The Morgan fingerprint density at radius 1 is 0.439 bits per heavy atom. The second kappa shape index (κ2) is 31.9. The summed E-state index contributed by atoms with van der Waals surface area (Å²) in [4.78, 5) is 25.0. The van der Waals surface area contributed by atoms with Gasteiger partial charge in [-0.05, 0) is 33.1 Å². The van der Waals surface area contributed by atoms with Crippen molar-refractivity contribution in [2.45, 2.75) is 226 Å². The molecule has 0 radical (unpaired) electrons. The quantitative estimate of drug-likeness (QED) is 0.0586. The lowest BCUT2D eigenvalue weighted by molar-refractivity contribution is -0.171. The summed E-state index contributed by atoms with van der Waals surface area (Å²) in [5.74, 6) is -0.627. The molecule has 0 saturated carbocycles. The third-order valence-electron chi connectivity index (χ3n) is 8.19. The minimum Gasteiger partial charge on any atom is -0.460 e. The van der Waals surface area contributed by atoms with Crippen LogP contribution in [0.15, 0.2) is 0 Å². The van der Waals surface area contributed by atoms with E-state index in [4.69, 9.17) is 9.47 Å². The van der Waals surface area contributed by atoms with Gasteiger partial charge in [0.2, 0.25) is 0 Å². The van der Waals surface area contributed by atoms with E-state index >= 15 is 0 Å². The molecule has 244 valence electrons. The van der Waals surface area contributed by atoms with Gasteiger partial charge in [-0.3, -0.25) is 4.79 Å². The van der Waals surface area contributed by atoms with Crippen molar-refractivity contribution in [1.82, 2.24) is 0 Å². The van der Waals surface area contributed by atoms with Gasteiger partial charge in [0.25, 0.3) is 0 Å². The molecule has 0 saturated heterocycles. The number of hydrogen-bond donors (Lipinski definition) is 0. The monoisotopic (exact) mass is 581 g/mol. The van der Waals surface area contributed by atoms with Crippen LogP contribution in [0.3, 0.4) is 0 Å². The van der Waals surface area contributed by atoms with Crippen LogP contribution in [0.4, 0.5) is 0 Å². The van der Waals surface area contributed by atoms with Crippen molar-refractivity contribution in [3.8, 4) is 0 Å². The lowest BCUT2D eigenvalue weighted by atomic mass is 10.0. The predicted molar refractivity (Wildman–Crippen MR) is 176 cm³/mol. The molecule has 0 aliphatic rings. The second-order valence-corrected chi connectivity index (χ2v) is 12.8. The lowest BCUT2D eigenvalue weighted by Gasteiger charge is -2.18. The molecule has 4 heteroatoms. The molecule has 0 aromatic carbocycles. The summed E-state index contributed by atoms with van der Waals surface area (Å²) < 4.78 is 11.0. The summed E-state index contributed by atoms with van der Waals surface area (Å²) in [6.07, 6.45) is 34.9. The lowest BCUT2D eigenvalue weighted by Crippen LogP contribution is -2.31. The summed E-state index contributed by atoms with van der Waals surface area (Å²) in [5.41, 5.74) is 0. The molecule has 0 aromatic rings. The molecular weight excluding hydrogens is 508 g/mol. The van der Waals surface area contributed by atoms with Crippen molar-refractivity contribution in [3.05, 3.63) is 0 Å². The van der Waals surface area contributed by atoms with Gasteiger partial charge in [0, 0.05) is 6.42 Å². The Labute approximate surface area is 256 Å². The van der Waals surface area contributed by atoms with E-state index < -0.39 is 6.10 Å². The van der Waals surface area contributed by atoms with Gasteiger partial charge >= 0.3 is 11.9 Å². The first-order valence-corrected chi connectivity index (χ1v) is 18.4. The Bertz CT molecular complexity index is 559. The highest BCUT2D eigenvalue weighted by atomic mass is 16.6. The van der Waals surface area contributed by atoms with Crippen LogP contribution in [0.2, 0.25) is 0 Å². The zero-order chi connectivity index (χ0) is 30.2. The molecule has 0 aromatic heterocycles. The number of carbonyl (C=O) groups is 2. The van der Waals surface area contributed by atoms with E-state index in [2.05, 4.69) is 13.8 Å². The number of unbranched alkanes of at least 4 members (excludes halogenated alkanes) is 25. The Morgan fingerprint density at radius 3 is 1.10 bits per heavy atom. The van der Waals surface area contributed by atoms with E-state index in [0.29, 0.717) is 12.8 Å². The molecule has 0 heterocycles. The topological polar surface area (TPSA) is 52.6 Å². The summed E-state index contributed by atoms with van der Waals surface area (Å²) in [5, 5.41) is 0. The van der Waals surface area contributed by atoms with Crippen LogP contribution < -0.4 is 0 Å². The van der Waals surface area contributed by atoms with Crippen molar-refractivity contribution in [2.75, 3.05) is 0 Å². The van der Waals surface area contributed by atoms with Gasteiger partial charge in [-0.1, -0.05) is 174 Å². The Hall–Kier alpha value is -1.06. The van der Waals surface area contributed by atoms with E-state index in [0.717, 1.165) is 25.7 Å². The molecule has 1 atom stereocenters. The minimum atomic E-state index is -0.746. The van der Waals surface area contributed by atoms with Gasteiger partial charge in [-0.15, -0.1) is 0 Å². The summed E-state index contributed by atoms with van der Waals surface area (Å²) in [6.45, 7) is 8.23. The number of hydrogen-bond acceptors (Lipinski definition) is 4. The molecular formula is C37H72O4. The third-order valence-corrected chi connectivity index (χ3v) is 8.19. The maximum absolute atomic E-state index is 12.5. The van der Waals surface area contributed by atoms with Gasteiger partial charge in [0.05, 0.1) is 6.10 Å². The number of ether oxygens (including phenoxy) is 2. The number of carbonyl (C=O) groups excluding carboxylic acids is 2. The van der Waals surface area contributed by atoms with Crippen LogP contribution in [0.5, 0.6) is 0 Å².